The zero-order chi connectivity index (χ0) is 28.7. The predicted octanol–water partition coefficient (Wildman–Crippen LogP) is 5.17. The Morgan fingerprint density at radius 2 is 1.56 bits per heavy atom. The molecular formula is C29H33ClFN3O4S. The molecule has 7 nitrogen and oxygen atoms in total. The molecule has 0 bridgehead atoms. The second-order valence-electron chi connectivity index (χ2n) is 9.73. The molecule has 0 spiro atoms. The predicted molar refractivity (Wildman–Crippen MR) is 151 cm³/mol. The van der Waals surface area contributed by atoms with Crippen LogP contribution in [-0.4, -0.2) is 44.3 Å². The van der Waals surface area contributed by atoms with Gasteiger partial charge < -0.3 is 10.2 Å². The van der Waals surface area contributed by atoms with Gasteiger partial charge in [-0.15, -0.1) is 0 Å². The Morgan fingerprint density at radius 3 is 2.15 bits per heavy atom. The summed E-state index contributed by atoms with van der Waals surface area (Å²) in [6.45, 7) is 6.80. The van der Waals surface area contributed by atoms with E-state index in [0.29, 0.717) is 11.6 Å². The van der Waals surface area contributed by atoms with Gasteiger partial charge in [0.15, 0.2) is 0 Å². The second kappa shape index (κ2) is 13.1. The summed E-state index contributed by atoms with van der Waals surface area (Å²) in [6, 6.07) is 17.3. The van der Waals surface area contributed by atoms with Crippen molar-refractivity contribution >= 4 is 39.1 Å². The topological polar surface area (TPSA) is 86.8 Å². The third kappa shape index (κ3) is 7.80. The number of sulfonamides is 1. The molecule has 0 saturated heterocycles. The summed E-state index contributed by atoms with van der Waals surface area (Å²) in [5.41, 5.74) is 1.30. The van der Waals surface area contributed by atoms with Crippen LogP contribution >= 0.6 is 11.6 Å². The highest BCUT2D eigenvalue weighted by Crippen LogP contribution is 2.26. The Kier molecular flexibility index (Phi) is 10.1. The van der Waals surface area contributed by atoms with Gasteiger partial charge in [0.2, 0.25) is 11.8 Å². The lowest BCUT2D eigenvalue weighted by atomic mass is 10.1. The van der Waals surface area contributed by atoms with Crippen LogP contribution in [0.1, 0.15) is 31.9 Å². The van der Waals surface area contributed by atoms with Gasteiger partial charge in [0.05, 0.1) is 10.6 Å². The normalized spacial score (nSPS) is 12.2. The fourth-order valence-electron chi connectivity index (χ4n) is 3.82. The minimum Gasteiger partial charge on any atom is -0.354 e. The van der Waals surface area contributed by atoms with Crippen LogP contribution in [0.25, 0.3) is 0 Å². The van der Waals surface area contributed by atoms with E-state index in [1.165, 1.54) is 66.4 Å². The number of nitrogens with zero attached hydrogens (tertiary/aromatic N) is 2. The molecule has 208 valence electrons. The van der Waals surface area contributed by atoms with Crippen molar-refractivity contribution in [2.24, 2.45) is 5.92 Å². The number of rotatable bonds is 11. The SMILES string of the molecule is Cc1ccc(S(=O)(=O)N(CC(=O)N(Cc2ccccc2F)[C@H](C)C(=O)NCC(C)C)c2ccc(Cl)cc2)cc1. The van der Waals surface area contributed by atoms with Crippen LogP contribution in [0.2, 0.25) is 5.02 Å². The zero-order valence-corrected chi connectivity index (χ0v) is 24.0. The number of aryl methyl sites for hydroxylation is 1. The van der Waals surface area contributed by atoms with Crippen LogP contribution in [0.5, 0.6) is 0 Å². The summed E-state index contributed by atoms with van der Waals surface area (Å²) in [5.74, 6) is -1.45. The average molecular weight is 574 g/mol. The van der Waals surface area contributed by atoms with Crippen molar-refractivity contribution < 1.29 is 22.4 Å². The average Bonchev–Trinajstić information content (AvgIpc) is 2.90. The maximum absolute atomic E-state index is 14.6. The Bertz CT molecular complexity index is 1400. The summed E-state index contributed by atoms with van der Waals surface area (Å²) in [7, 11) is -4.19. The molecule has 10 heteroatoms. The molecular weight excluding hydrogens is 541 g/mol. The number of anilines is 1. The number of carbonyl (C=O) groups excluding carboxylic acids is 2. The van der Waals surface area contributed by atoms with Crippen molar-refractivity contribution in [3.05, 3.63) is 94.8 Å². The number of hydrogen-bond acceptors (Lipinski definition) is 4. The van der Waals surface area contributed by atoms with E-state index in [2.05, 4.69) is 5.32 Å². The van der Waals surface area contributed by atoms with E-state index in [1.807, 2.05) is 20.8 Å². The van der Waals surface area contributed by atoms with Crippen LogP contribution < -0.4 is 9.62 Å². The molecule has 1 N–H and O–H groups in total. The first-order chi connectivity index (χ1) is 18.4. The third-order valence-corrected chi connectivity index (χ3v) is 8.19. The van der Waals surface area contributed by atoms with Crippen molar-refractivity contribution in [1.82, 2.24) is 10.2 Å². The monoisotopic (exact) mass is 573 g/mol. The van der Waals surface area contributed by atoms with Gasteiger partial charge in [0.25, 0.3) is 10.0 Å². The molecule has 0 aliphatic carbocycles. The van der Waals surface area contributed by atoms with Crippen LogP contribution in [0, 0.1) is 18.7 Å². The molecule has 39 heavy (non-hydrogen) atoms. The Balaban J connectivity index is 2.01. The van der Waals surface area contributed by atoms with Gasteiger partial charge in [-0.3, -0.25) is 13.9 Å². The molecule has 0 fully saturated rings. The molecule has 3 rings (SSSR count). The molecule has 1 atom stereocenters. The molecule has 0 aliphatic heterocycles. The first-order valence-corrected chi connectivity index (χ1v) is 14.4. The van der Waals surface area contributed by atoms with Crippen molar-refractivity contribution in [3.8, 4) is 0 Å². The van der Waals surface area contributed by atoms with Gasteiger partial charge in [-0.05, 0) is 62.2 Å². The lowest BCUT2D eigenvalue weighted by Gasteiger charge is -2.32. The Labute approximate surface area is 234 Å². The van der Waals surface area contributed by atoms with E-state index >= 15 is 0 Å². The quantitative estimate of drug-likeness (QED) is 0.343. The number of halogens is 2. The number of benzene rings is 3. The smallest absolute Gasteiger partial charge is 0.264 e. The highest BCUT2D eigenvalue weighted by Gasteiger charge is 2.32. The minimum absolute atomic E-state index is 0.000714. The molecule has 0 heterocycles. The van der Waals surface area contributed by atoms with Gasteiger partial charge in [0, 0.05) is 23.7 Å². The van der Waals surface area contributed by atoms with Crippen molar-refractivity contribution in [1.29, 1.82) is 0 Å². The molecule has 3 aromatic rings. The van der Waals surface area contributed by atoms with Gasteiger partial charge in [-0.1, -0.05) is 61.3 Å². The Hall–Kier alpha value is -3.43. The lowest BCUT2D eigenvalue weighted by molar-refractivity contribution is -0.139. The van der Waals surface area contributed by atoms with Crippen LogP contribution in [0.4, 0.5) is 10.1 Å². The van der Waals surface area contributed by atoms with E-state index in [1.54, 1.807) is 18.2 Å². The molecule has 0 saturated carbocycles. The number of nitrogens with one attached hydrogen (secondary N) is 1. The maximum Gasteiger partial charge on any atom is 0.264 e. The van der Waals surface area contributed by atoms with E-state index in [0.717, 1.165) is 9.87 Å². The summed E-state index contributed by atoms with van der Waals surface area (Å²) in [4.78, 5) is 28.0. The molecule has 0 unspecified atom stereocenters. The van der Waals surface area contributed by atoms with E-state index in [-0.39, 0.29) is 28.6 Å². The number of carbonyl (C=O) groups is 2. The van der Waals surface area contributed by atoms with E-state index in [4.69, 9.17) is 11.6 Å². The van der Waals surface area contributed by atoms with Crippen LogP contribution in [-0.2, 0) is 26.2 Å². The van der Waals surface area contributed by atoms with Gasteiger partial charge in [0.1, 0.15) is 18.4 Å². The largest absolute Gasteiger partial charge is 0.354 e. The molecule has 0 aliphatic rings. The van der Waals surface area contributed by atoms with Crippen molar-refractivity contribution in [2.75, 3.05) is 17.4 Å². The van der Waals surface area contributed by atoms with Gasteiger partial charge in [-0.2, -0.15) is 0 Å². The van der Waals surface area contributed by atoms with Crippen molar-refractivity contribution in [3.63, 3.8) is 0 Å². The number of hydrogen-bond donors (Lipinski definition) is 1. The minimum atomic E-state index is -4.19. The zero-order valence-electron chi connectivity index (χ0n) is 22.4. The highest BCUT2D eigenvalue weighted by atomic mass is 35.5. The van der Waals surface area contributed by atoms with Crippen LogP contribution in [0.15, 0.2) is 77.7 Å². The maximum atomic E-state index is 14.6. The van der Waals surface area contributed by atoms with Crippen LogP contribution in [0.3, 0.4) is 0 Å². The highest BCUT2D eigenvalue weighted by molar-refractivity contribution is 7.92. The lowest BCUT2D eigenvalue weighted by Crippen LogP contribution is -2.51. The summed E-state index contributed by atoms with van der Waals surface area (Å²) in [5, 5.41) is 3.19. The first-order valence-electron chi connectivity index (χ1n) is 12.6. The Morgan fingerprint density at radius 1 is 0.949 bits per heavy atom. The van der Waals surface area contributed by atoms with Gasteiger partial charge >= 0.3 is 0 Å². The molecule has 3 aromatic carbocycles. The van der Waals surface area contributed by atoms with E-state index < -0.39 is 40.2 Å². The summed E-state index contributed by atoms with van der Waals surface area (Å²) < 4.78 is 43.1. The van der Waals surface area contributed by atoms with E-state index in [9.17, 15) is 22.4 Å². The molecule has 0 radical (unpaired) electrons. The third-order valence-electron chi connectivity index (χ3n) is 6.15. The standard InChI is InChI=1S/C29H33ClFN3O4S/c1-20(2)17-32-29(36)22(4)33(18-23-7-5-6-8-27(23)31)28(35)19-34(25-13-11-24(30)12-14-25)39(37,38)26-15-9-21(3)10-16-26/h5-16,20,22H,17-19H2,1-4H3,(H,32,36)/t22-/m1/s1. The summed E-state index contributed by atoms with van der Waals surface area (Å²) >= 11 is 6.03. The number of amides is 2. The molecule has 2 amide bonds. The first kappa shape index (κ1) is 30.1. The fourth-order valence-corrected chi connectivity index (χ4v) is 5.36. The molecule has 0 aromatic heterocycles. The van der Waals surface area contributed by atoms with Crippen molar-refractivity contribution in [2.45, 2.75) is 45.2 Å². The second-order valence-corrected chi connectivity index (χ2v) is 12.0. The fraction of sp³-hybridized carbons (Fsp3) is 0.310. The summed E-state index contributed by atoms with van der Waals surface area (Å²) in [6.07, 6.45) is 0. The van der Waals surface area contributed by atoms with Gasteiger partial charge in [-0.25, -0.2) is 12.8 Å².